The Morgan fingerprint density at radius 1 is 0.933 bits per heavy atom. The molecule has 6 rings (SSSR count). The number of hydrogen-bond acceptors (Lipinski definition) is 7. The maximum Gasteiger partial charge on any atom is 1.00 e. The first kappa shape index (κ1) is 32.2. The zero-order valence-corrected chi connectivity index (χ0v) is 27.9. The molecule has 0 aliphatic carbocycles. The van der Waals surface area contributed by atoms with E-state index in [0.717, 1.165) is 38.6 Å². The van der Waals surface area contributed by atoms with Crippen molar-refractivity contribution in [2.24, 2.45) is 0 Å². The van der Waals surface area contributed by atoms with Crippen LogP contribution in [0.1, 0.15) is 36.8 Å². The van der Waals surface area contributed by atoms with Crippen LogP contribution in [0.15, 0.2) is 95.4 Å². The van der Waals surface area contributed by atoms with E-state index in [2.05, 4.69) is 15.6 Å². The van der Waals surface area contributed by atoms with Gasteiger partial charge in [-0.25, -0.2) is 4.98 Å². The Morgan fingerprint density at radius 3 is 2.44 bits per heavy atom. The Bertz CT molecular complexity index is 1930. The number of nitrogens with zero attached hydrogens (tertiary/aromatic N) is 2. The number of ether oxygens (including phenoxy) is 3. The number of fused-ring (bicyclic) bond motifs is 3. The first-order chi connectivity index (χ1) is 21.5. The first-order valence-corrected chi connectivity index (χ1v) is 14.7. The van der Waals surface area contributed by atoms with Gasteiger partial charge < -0.3 is 33.1 Å². The van der Waals surface area contributed by atoms with Gasteiger partial charge in [0.25, 0.3) is 0 Å². The molecular weight excluding hydrogens is 579 g/mol. The smallest absolute Gasteiger partial charge is 0.546 e. The molecule has 0 saturated heterocycles. The molecule has 224 valence electrons. The van der Waals surface area contributed by atoms with E-state index in [0.29, 0.717) is 48.3 Å². The van der Waals surface area contributed by atoms with Gasteiger partial charge in [0.15, 0.2) is 11.5 Å². The number of carbonyl (C=O) groups excluding carboxylic acids is 1. The summed E-state index contributed by atoms with van der Waals surface area (Å²) >= 11 is 0. The van der Waals surface area contributed by atoms with Crippen LogP contribution in [0.25, 0.3) is 33.3 Å². The summed E-state index contributed by atoms with van der Waals surface area (Å²) in [7, 11) is 1.62. The maximum atomic E-state index is 11.8. The summed E-state index contributed by atoms with van der Waals surface area (Å²) in [5, 5.41) is 13.6. The molecule has 9 heteroatoms. The van der Waals surface area contributed by atoms with Crippen molar-refractivity contribution in [2.45, 2.75) is 45.9 Å². The predicted octanol–water partition coefficient (Wildman–Crippen LogP) is 3.70. The van der Waals surface area contributed by atoms with Gasteiger partial charge in [0.05, 0.1) is 18.6 Å². The molecule has 8 nitrogen and oxygen atoms in total. The minimum Gasteiger partial charge on any atom is -0.546 e. The van der Waals surface area contributed by atoms with Gasteiger partial charge in [-0.2, -0.15) is 0 Å². The molecule has 6 aromatic rings. The molecule has 2 aromatic heterocycles. The number of carboxylic acids is 1. The summed E-state index contributed by atoms with van der Waals surface area (Å²) in [6, 6.07) is 29.4. The van der Waals surface area contributed by atoms with Gasteiger partial charge >= 0.3 is 29.6 Å². The summed E-state index contributed by atoms with van der Waals surface area (Å²) < 4.78 is 26.0. The van der Waals surface area contributed by atoms with E-state index in [1.54, 1.807) is 7.11 Å². The van der Waals surface area contributed by atoms with Crippen molar-refractivity contribution in [3.8, 4) is 28.7 Å². The Morgan fingerprint density at radius 2 is 1.69 bits per heavy atom. The Kier molecular flexibility index (Phi) is 10.2. The van der Waals surface area contributed by atoms with Gasteiger partial charge in [-0.3, -0.25) is 0 Å². The van der Waals surface area contributed by atoms with E-state index in [4.69, 9.17) is 18.6 Å². The molecule has 0 unspecified atom stereocenters. The molecule has 0 radical (unpaired) electrons. The second kappa shape index (κ2) is 14.2. The molecule has 0 spiro atoms. The van der Waals surface area contributed by atoms with Crippen LogP contribution in [-0.2, 0) is 17.9 Å². The second-order valence-electron chi connectivity index (χ2n) is 10.6. The fourth-order valence-corrected chi connectivity index (χ4v) is 5.50. The molecule has 0 N–H and O–H groups in total. The van der Waals surface area contributed by atoms with E-state index in [9.17, 15) is 9.90 Å². The van der Waals surface area contributed by atoms with E-state index in [1.807, 2.05) is 98.8 Å². The minimum absolute atomic E-state index is 0. The summed E-state index contributed by atoms with van der Waals surface area (Å²) in [6.45, 7) is 4.58. The summed E-state index contributed by atoms with van der Waals surface area (Å²) in [5.41, 5.74) is 4.58. The van der Waals surface area contributed by atoms with Crippen LogP contribution in [0.4, 0.5) is 0 Å². The van der Waals surface area contributed by atoms with Gasteiger partial charge in [0.2, 0.25) is 5.89 Å². The normalized spacial score (nSPS) is 11.7. The van der Waals surface area contributed by atoms with Gasteiger partial charge in [-0.05, 0) is 61.4 Å². The van der Waals surface area contributed by atoms with Gasteiger partial charge in [0.1, 0.15) is 29.9 Å². The third-order valence-corrected chi connectivity index (χ3v) is 7.69. The third-order valence-electron chi connectivity index (χ3n) is 7.69. The van der Waals surface area contributed by atoms with Crippen molar-refractivity contribution in [1.82, 2.24) is 9.55 Å². The number of para-hydroxylation sites is 1. The number of hydrogen-bond donors (Lipinski definition) is 0. The average molecular weight is 613 g/mol. The molecule has 0 amide bonds. The van der Waals surface area contributed by atoms with Crippen molar-refractivity contribution >= 4 is 27.8 Å². The van der Waals surface area contributed by atoms with Crippen molar-refractivity contribution in [3.05, 3.63) is 108 Å². The standard InChI is InChI=1S/C36H34N2O6.Na/c1-4-11-32(36(39)40)44-31-17-10-16-29-34(31)26-14-8-9-15-28(26)38(29)21-24-18-19-30(33(20-24)41-3)42-22-27-23(2)43-35(37-27)25-12-6-5-7-13-25;/h5-10,12-20,32H,4,11,21-22H2,1-3H3,(H,39,40);/q;+1/p-1/t32-;/m0./s1. The fourth-order valence-electron chi connectivity index (χ4n) is 5.50. The number of carboxylic acid groups (broad SMARTS) is 1. The van der Waals surface area contributed by atoms with Crippen molar-refractivity contribution in [1.29, 1.82) is 0 Å². The maximum absolute atomic E-state index is 11.8. The van der Waals surface area contributed by atoms with Gasteiger partial charge in [-0.1, -0.05) is 61.9 Å². The van der Waals surface area contributed by atoms with E-state index in [1.165, 1.54) is 0 Å². The second-order valence-corrected chi connectivity index (χ2v) is 10.6. The van der Waals surface area contributed by atoms with Crippen LogP contribution in [-0.4, -0.2) is 28.7 Å². The Hall–Kier alpha value is -4.24. The van der Waals surface area contributed by atoms with E-state index in [-0.39, 0.29) is 36.2 Å². The number of aryl methyl sites for hydroxylation is 1. The van der Waals surface area contributed by atoms with Crippen molar-refractivity contribution in [3.63, 3.8) is 0 Å². The van der Waals surface area contributed by atoms with Crippen LogP contribution in [0.3, 0.4) is 0 Å². The largest absolute Gasteiger partial charge is 1.00 e. The van der Waals surface area contributed by atoms with Crippen LogP contribution in [0.2, 0.25) is 0 Å². The van der Waals surface area contributed by atoms with Gasteiger partial charge in [-0.15, -0.1) is 0 Å². The average Bonchev–Trinajstić information content (AvgIpc) is 3.58. The summed E-state index contributed by atoms with van der Waals surface area (Å²) in [6.07, 6.45) is 0.0244. The first-order valence-electron chi connectivity index (χ1n) is 14.7. The van der Waals surface area contributed by atoms with E-state index >= 15 is 0 Å². The molecule has 4 aromatic carbocycles. The fraction of sp³-hybridized carbons (Fsp3) is 0.222. The number of methoxy groups -OCH3 is 1. The topological polar surface area (TPSA) is 98.8 Å². The number of aliphatic carboxylic acids is 1. The third kappa shape index (κ3) is 6.73. The molecule has 0 bridgehead atoms. The number of benzene rings is 4. The van der Waals surface area contributed by atoms with Crippen molar-refractivity contribution in [2.75, 3.05) is 7.11 Å². The minimum atomic E-state index is -1.21. The Balaban J connectivity index is 0.00000400. The van der Waals surface area contributed by atoms with Crippen LogP contribution >= 0.6 is 0 Å². The van der Waals surface area contributed by atoms with Gasteiger partial charge in [0, 0.05) is 28.4 Å². The Labute approximate surface area is 283 Å². The molecule has 0 saturated carbocycles. The molecule has 1 atom stereocenters. The SMILES string of the molecule is CCC[C@H](Oc1cccc2c1c1ccccc1n2Cc1ccc(OCc2nc(-c3ccccc3)oc2C)c(OC)c1)C(=O)[O-].[Na+]. The zero-order valence-electron chi connectivity index (χ0n) is 25.9. The number of rotatable bonds is 12. The molecule has 45 heavy (non-hydrogen) atoms. The van der Waals surface area contributed by atoms with Crippen LogP contribution < -0.4 is 48.9 Å². The molecule has 0 aliphatic heterocycles. The monoisotopic (exact) mass is 612 g/mol. The molecular formula is C36H33N2NaO6. The summed E-state index contributed by atoms with van der Waals surface area (Å²) in [4.78, 5) is 16.4. The molecule has 2 heterocycles. The predicted molar refractivity (Wildman–Crippen MR) is 167 cm³/mol. The van der Waals surface area contributed by atoms with E-state index < -0.39 is 12.1 Å². The van der Waals surface area contributed by atoms with Crippen LogP contribution in [0, 0.1) is 6.92 Å². The zero-order chi connectivity index (χ0) is 30.6. The number of aromatic nitrogens is 2. The summed E-state index contributed by atoms with van der Waals surface area (Å²) in [5.74, 6) is 1.78. The van der Waals surface area contributed by atoms with Crippen LogP contribution in [0.5, 0.6) is 17.2 Å². The van der Waals surface area contributed by atoms with Crippen molar-refractivity contribution < 1.29 is 58.1 Å². The number of oxazole rings is 1. The quantitative estimate of drug-likeness (QED) is 0.195. The molecule has 0 fully saturated rings. The molecule has 0 aliphatic rings. The number of carbonyl (C=O) groups is 1.